The predicted octanol–water partition coefficient (Wildman–Crippen LogP) is 1.58. The van der Waals surface area contributed by atoms with Crippen molar-refractivity contribution in [3.05, 3.63) is 48.3 Å². The van der Waals surface area contributed by atoms with Crippen LogP contribution in [0.4, 0.5) is 0 Å². The van der Waals surface area contributed by atoms with Crippen LogP contribution in [0.25, 0.3) is 0 Å². The van der Waals surface area contributed by atoms with Crippen LogP contribution in [-0.2, 0) is 19.9 Å². The van der Waals surface area contributed by atoms with Crippen molar-refractivity contribution >= 4 is 0 Å². The Kier molecular flexibility index (Phi) is 4.47. The Bertz CT molecular complexity index is 464. The molecule has 0 saturated heterocycles. The van der Waals surface area contributed by atoms with Crippen molar-refractivity contribution in [2.45, 2.75) is 25.3 Å². The summed E-state index contributed by atoms with van der Waals surface area (Å²) in [5.41, 5.74) is 1.14. The summed E-state index contributed by atoms with van der Waals surface area (Å²) < 4.78 is 2.08. The Balaban J connectivity index is 1.88. The van der Waals surface area contributed by atoms with Crippen LogP contribution < -0.4 is 5.32 Å². The van der Waals surface area contributed by atoms with Crippen LogP contribution in [-0.4, -0.2) is 27.6 Å². The first-order chi connectivity index (χ1) is 8.79. The number of imidazole rings is 1. The van der Waals surface area contributed by atoms with Crippen molar-refractivity contribution in [2.24, 2.45) is 7.05 Å². The van der Waals surface area contributed by atoms with Gasteiger partial charge in [0.2, 0.25) is 0 Å². The minimum atomic E-state index is 0.441. The lowest BCUT2D eigenvalue weighted by atomic mass is 10.1. The number of hydrogen-bond acceptors (Lipinski definition) is 3. The van der Waals surface area contributed by atoms with Gasteiger partial charge >= 0.3 is 0 Å². The lowest BCUT2D eigenvalue weighted by Gasteiger charge is -2.15. The second-order valence-electron chi connectivity index (χ2n) is 4.50. The molecule has 0 aromatic carbocycles. The maximum atomic E-state index is 4.37. The van der Waals surface area contributed by atoms with Crippen molar-refractivity contribution in [3.63, 3.8) is 0 Å². The van der Waals surface area contributed by atoms with Crippen LogP contribution in [0.3, 0.4) is 0 Å². The molecule has 0 aliphatic carbocycles. The molecule has 1 atom stereocenters. The van der Waals surface area contributed by atoms with E-state index in [0.717, 1.165) is 30.8 Å². The average molecular weight is 244 g/mol. The Labute approximate surface area is 108 Å². The smallest absolute Gasteiger partial charge is 0.108 e. The first kappa shape index (κ1) is 12.8. The van der Waals surface area contributed by atoms with Crippen molar-refractivity contribution in [1.29, 1.82) is 0 Å². The minimum Gasteiger partial charge on any atom is -0.338 e. The van der Waals surface area contributed by atoms with Gasteiger partial charge in [0.25, 0.3) is 0 Å². The quantitative estimate of drug-likeness (QED) is 0.839. The molecule has 2 rings (SSSR count). The lowest BCUT2D eigenvalue weighted by Crippen LogP contribution is -2.28. The van der Waals surface area contributed by atoms with Crippen LogP contribution in [0, 0.1) is 0 Å². The topological polar surface area (TPSA) is 42.7 Å². The van der Waals surface area contributed by atoms with E-state index >= 15 is 0 Å². The van der Waals surface area contributed by atoms with Crippen LogP contribution >= 0.6 is 0 Å². The predicted molar refractivity (Wildman–Crippen MR) is 72.3 cm³/mol. The third-order valence-electron chi connectivity index (χ3n) is 3.23. The highest BCUT2D eigenvalue weighted by Gasteiger charge is 2.09. The van der Waals surface area contributed by atoms with E-state index in [9.17, 15) is 0 Å². The van der Waals surface area contributed by atoms with Crippen molar-refractivity contribution in [2.75, 3.05) is 7.05 Å². The Morgan fingerprint density at radius 3 is 2.78 bits per heavy atom. The van der Waals surface area contributed by atoms with Gasteiger partial charge in [-0.3, -0.25) is 4.98 Å². The summed E-state index contributed by atoms with van der Waals surface area (Å²) in [4.78, 5) is 8.72. The number of likely N-dealkylation sites (N-methyl/N-ethyl adjacent to an activating group) is 1. The first-order valence-corrected chi connectivity index (χ1v) is 6.33. The van der Waals surface area contributed by atoms with Crippen LogP contribution in [0.15, 0.2) is 36.8 Å². The molecular formula is C14H20N4. The Morgan fingerprint density at radius 1 is 1.28 bits per heavy atom. The van der Waals surface area contributed by atoms with E-state index in [2.05, 4.69) is 25.9 Å². The molecular weight excluding hydrogens is 224 g/mol. The summed E-state index contributed by atoms with van der Waals surface area (Å²) in [5, 5.41) is 3.36. The number of pyridine rings is 1. The molecule has 2 aromatic rings. The molecule has 18 heavy (non-hydrogen) atoms. The van der Waals surface area contributed by atoms with Gasteiger partial charge < -0.3 is 9.88 Å². The van der Waals surface area contributed by atoms with Gasteiger partial charge in [-0.2, -0.15) is 0 Å². The molecule has 0 fully saturated rings. The molecule has 2 heterocycles. The molecule has 4 heteroatoms. The fourth-order valence-electron chi connectivity index (χ4n) is 2.06. The molecule has 0 spiro atoms. The number of aromatic nitrogens is 3. The Morgan fingerprint density at radius 2 is 2.17 bits per heavy atom. The molecule has 96 valence electrons. The van der Waals surface area contributed by atoms with Gasteiger partial charge in [-0.05, 0) is 25.6 Å². The zero-order valence-electron chi connectivity index (χ0n) is 11.0. The summed E-state index contributed by atoms with van der Waals surface area (Å²) in [5.74, 6) is 1.14. The van der Waals surface area contributed by atoms with Crippen molar-refractivity contribution in [1.82, 2.24) is 19.9 Å². The third-order valence-corrected chi connectivity index (χ3v) is 3.23. The summed E-state index contributed by atoms with van der Waals surface area (Å²) in [6.45, 7) is 0. The summed E-state index contributed by atoms with van der Waals surface area (Å²) in [6.07, 6.45) is 8.70. The monoisotopic (exact) mass is 244 g/mol. The van der Waals surface area contributed by atoms with Gasteiger partial charge in [-0.15, -0.1) is 0 Å². The van der Waals surface area contributed by atoms with Crippen molar-refractivity contribution < 1.29 is 0 Å². The number of aryl methyl sites for hydroxylation is 2. The van der Waals surface area contributed by atoms with Crippen LogP contribution in [0.5, 0.6) is 0 Å². The largest absolute Gasteiger partial charge is 0.338 e. The van der Waals surface area contributed by atoms with E-state index < -0.39 is 0 Å². The number of nitrogens with one attached hydrogen (secondary N) is 1. The fourth-order valence-corrected chi connectivity index (χ4v) is 2.06. The van der Waals surface area contributed by atoms with Gasteiger partial charge in [0.1, 0.15) is 5.82 Å². The normalized spacial score (nSPS) is 12.6. The van der Waals surface area contributed by atoms with Gasteiger partial charge in [-0.25, -0.2) is 4.98 Å². The highest BCUT2D eigenvalue weighted by molar-refractivity contribution is 5.05. The molecule has 0 radical (unpaired) electrons. The van der Waals surface area contributed by atoms with Crippen molar-refractivity contribution in [3.8, 4) is 0 Å². The van der Waals surface area contributed by atoms with Gasteiger partial charge in [0, 0.05) is 50.2 Å². The molecule has 4 nitrogen and oxygen atoms in total. The molecule has 1 N–H and O–H groups in total. The highest BCUT2D eigenvalue weighted by atomic mass is 15.0. The lowest BCUT2D eigenvalue weighted by molar-refractivity contribution is 0.505. The van der Waals surface area contributed by atoms with E-state index in [1.807, 2.05) is 44.8 Å². The Hall–Kier alpha value is -1.68. The van der Waals surface area contributed by atoms with E-state index in [4.69, 9.17) is 0 Å². The summed E-state index contributed by atoms with van der Waals surface area (Å²) in [7, 11) is 4.04. The minimum absolute atomic E-state index is 0.441. The number of rotatable bonds is 6. The van der Waals surface area contributed by atoms with E-state index in [1.54, 1.807) is 0 Å². The third kappa shape index (κ3) is 3.40. The molecule has 0 aliphatic rings. The van der Waals surface area contributed by atoms with E-state index in [1.165, 1.54) is 0 Å². The van der Waals surface area contributed by atoms with Crippen LogP contribution in [0.1, 0.15) is 17.9 Å². The summed E-state index contributed by atoms with van der Waals surface area (Å²) >= 11 is 0. The second-order valence-corrected chi connectivity index (χ2v) is 4.50. The summed E-state index contributed by atoms with van der Waals surface area (Å²) in [6, 6.07) is 6.50. The van der Waals surface area contributed by atoms with Gasteiger partial charge in [0.05, 0.1) is 0 Å². The molecule has 0 bridgehead atoms. The molecule has 0 amide bonds. The van der Waals surface area contributed by atoms with E-state index in [0.29, 0.717) is 6.04 Å². The maximum absolute atomic E-state index is 4.37. The molecule has 0 aliphatic heterocycles. The van der Waals surface area contributed by atoms with Gasteiger partial charge in [0.15, 0.2) is 0 Å². The van der Waals surface area contributed by atoms with Crippen LogP contribution in [0.2, 0.25) is 0 Å². The number of nitrogens with zero attached hydrogens (tertiary/aromatic N) is 3. The standard InChI is InChI=1S/C14H20N4/c1-15-12(11-13-5-3-4-8-16-13)6-7-14-17-9-10-18(14)2/h3-5,8-10,12,15H,6-7,11H2,1-2H3. The van der Waals surface area contributed by atoms with Gasteiger partial charge in [-0.1, -0.05) is 6.07 Å². The molecule has 1 unspecified atom stereocenters. The zero-order chi connectivity index (χ0) is 12.8. The zero-order valence-corrected chi connectivity index (χ0v) is 11.0. The number of hydrogen-bond donors (Lipinski definition) is 1. The highest BCUT2D eigenvalue weighted by Crippen LogP contribution is 2.07. The second kappa shape index (κ2) is 6.31. The molecule has 0 saturated carbocycles. The SMILES string of the molecule is CNC(CCc1nccn1C)Cc1ccccn1. The van der Waals surface area contributed by atoms with E-state index in [-0.39, 0.29) is 0 Å². The molecule has 2 aromatic heterocycles. The average Bonchev–Trinajstić information content (AvgIpc) is 2.81. The first-order valence-electron chi connectivity index (χ1n) is 6.33. The fraction of sp³-hybridized carbons (Fsp3) is 0.429. The maximum Gasteiger partial charge on any atom is 0.108 e.